The van der Waals surface area contributed by atoms with Gasteiger partial charge in [-0.15, -0.1) is 0 Å². The minimum atomic E-state index is 0.160. The van der Waals surface area contributed by atoms with Crippen molar-refractivity contribution in [3.63, 3.8) is 0 Å². The summed E-state index contributed by atoms with van der Waals surface area (Å²) in [5, 5.41) is 12.7. The molecule has 0 saturated carbocycles. The van der Waals surface area contributed by atoms with Crippen molar-refractivity contribution in [1.82, 2.24) is 4.90 Å². The summed E-state index contributed by atoms with van der Waals surface area (Å²) in [6.07, 6.45) is 0. The maximum atomic E-state index is 9.98. The predicted octanol–water partition coefficient (Wildman–Crippen LogP) is -1.13. The maximum Gasteiger partial charge on any atom is 0.154 e. The highest BCUT2D eigenvalue weighted by Gasteiger charge is 2.16. The van der Waals surface area contributed by atoms with E-state index in [1.54, 1.807) is 0 Å². The average molecular weight is 170 g/mol. The molecule has 1 heterocycles. The number of nitrogens with two attached hydrogens (primary N) is 1. The van der Waals surface area contributed by atoms with Crippen molar-refractivity contribution < 1.29 is 4.58 Å². The quantitative estimate of drug-likeness (QED) is 0.247. The third-order valence-corrected chi connectivity index (χ3v) is 1.97. The Morgan fingerprint density at radius 2 is 2.17 bits per heavy atom. The molecule has 2 N–H and O–H groups in total. The van der Waals surface area contributed by atoms with Gasteiger partial charge < -0.3 is 16.1 Å². The van der Waals surface area contributed by atoms with E-state index in [0.29, 0.717) is 6.54 Å². The first kappa shape index (κ1) is 8.99. The van der Waals surface area contributed by atoms with E-state index in [9.17, 15) is 5.21 Å². The number of piperazine rings is 1. The molecule has 1 aliphatic heterocycles. The van der Waals surface area contributed by atoms with Crippen LogP contribution in [0.4, 0.5) is 0 Å². The van der Waals surface area contributed by atoms with E-state index >= 15 is 0 Å². The second-order valence-corrected chi connectivity index (χ2v) is 2.98. The molecule has 0 aromatic rings. The van der Waals surface area contributed by atoms with Crippen LogP contribution in [-0.2, 0) is 0 Å². The fraction of sp³-hybridized carbons (Fsp3) is 0.714. The molecule has 0 spiro atoms. The Hall–Kier alpha value is -1.10. The molecule has 0 atom stereocenters. The van der Waals surface area contributed by atoms with E-state index < -0.39 is 0 Å². The smallest absolute Gasteiger partial charge is 0.154 e. The van der Waals surface area contributed by atoms with Crippen LogP contribution in [0.25, 0.3) is 0 Å². The van der Waals surface area contributed by atoms with Gasteiger partial charge in [-0.25, -0.2) is 4.58 Å². The third-order valence-electron chi connectivity index (χ3n) is 1.97. The molecule has 1 rings (SSSR count). The van der Waals surface area contributed by atoms with Crippen molar-refractivity contribution >= 4 is 12.6 Å². The lowest BCUT2D eigenvalue weighted by Crippen LogP contribution is -2.45. The highest BCUT2D eigenvalue weighted by atomic mass is 16.4. The molecule has 0 bridgehead atoms. The van der Waals surface area contributed by atoms with Crippen LogP contribution in [0.2, 0.25) is 0 Å². The van der Waals surface area contributed by atoms with Crippen LogP contribution in [-0.4, -0.2) is 54.8 Å². The van der Waals surface area contributed by atoms with Crippen LogP contribution in [0, 0.1) is 5.21 Å². The van der Waals surface area contributed by atoms with Gasteiger partial charge in [0.1, 0.15) is 12.6 Å². The Balaban J connectivity index is 2.31. The molecule has 0 aliphatic carbocycles. The van der Waals surface area contributed by atoms with Gasteiger partial charge in [0.05, 0.1) is 19.6 Å². The molecule has 1 aliphatic rings. The summed E-state index contributed by atoms with van der Waals surface area (Å²) in [4.78, 5) is 2.10. The molecule has 0 unspecified atom stereocenters. The van der Waals surface area contributed by atoms with E-state index in [4.69, 9.17) is 5.73 Å². The molecule has 0 radical (unpaired) electrons. The number of rotatable bonds is 2. The minimum Gasteiger partial charge on any atom is -0.791 e. The molecule has 1 saturated heterocycles. The summed E-state index contributed by atoms with van der Waals surface area (Å²) in [5.74, 6) is 0.160. The predicted molar refractivity (Wildman–Crippen MR) is 48.5 cm³/mol. The maximum absolute atomic E-state index is 9.98. The van der Waals surface area contributed by atoms with Gasteiger partial charge in [-0.2, -0.15) is 0 Å². The number of nitrogens with zero attached hydrogens (tertiary/aromatic N) is 3. The Kier molecular flexibility index (Phi) is 3.04. The molecule has 0 aromatic heterocycles. The van der Waals surface area contributed by atoms with Crippen LogP contribution in [0.1, 0.15) is 0 Å². The van der Waals surface area contributed by atoms with E-state index in [1.807, 2.05) is 4.58 Å². The van der Waals surface area contributed by atoms with Crippen molar-refractivity contribution in [2.75, 3.05) is 32.7 Å². The summed E-state index contributed by atoms with van der Waals surface area (Å²) in [5.41, 5.74) is 5.31. The van der Waals surface area contributed by atoms with E-state index in [0.717, 1.165) is 26.2 Å². The van der Waals surface area contributed by atoms with E-state index in [2.05, 4.69) is 16.8 Å². The van der Waals surface area contributed by atoms with Crippen LogP contribution < -0.4 is 5.73 Å². The number of amidine groups is 1. The Labute approximate surface area is 71.8 Å². The lowest BCUT2D eigenvalue weighted by Gasteiger charge is -2.24. The van der Waals surface area contributed by atoms with Gasteiger partial charge in [0.15, 0.2) is 13.1 Å². The first-order valence-electron chi connectivity index (χ1n) is 3.95. The van der Waals surface area contributed by atoms with Gasteiger partial charge in [0, 0.05) is 0 Å². The lowest BCUT2D eigenvalue weighted by molar-refractivity contribution is -0.531. The Bertz CT molecular complexity index is 192. The summed E-state index contributed by atoms with van der Waals surface area (Å²) in [7, 11) is 0. The fourth-order valence-corrected chi connectivity index (χ4v) is 1.21. The summed E-state index contributed by atoms with van der Waals surface area (Å²) >= 11 is 0. The zero-order valence-corrected chi connectivity index (χ0v) is 7.07. The van der Waals surface area contributed by atoms with Gasteiger partial charge in [0.25, 0.3) is 0 Å². The molecule has 0 aromatic carbocycles. The van der Waals surface area contributed by atoms with Gasteiger partial charge in [0.2, 0.25) is 0 Å². The molecule has 0 amide bonds. The SMILES string of the molecule is C=[N+]1CCN(CC(N)=N[O-])CC1. The largest absolute Gasteiger partial charge is 0.791 e. The van der Waals surface area contributed by atoms with Gasteiger partial charge >= 0.3 is 0 Å². The van der Waals surface area contributed by atoms with E-state index in [-0.39, 0.29) is 5.84 Å². The molecule has 5 heteroatoms. The van der Waals surface area contributed by atoms with Crippen molar-refractivity contribution in [3.05, 3.63) is 5.21 Å². The average Bonchev–Trinajstić information content (AvgIpc) is 2.09. The van der Waals surface area contributed by atoms with Gasteiger partial charge in [-0.05, 0) is 0 Å². The summed E-state index contributed by atoms with van der Waals surface area (Å²) in [6.45, 7) is 7.95. The number of hydrogen-bond acceptors (Lipinski definition) is 3. The summed E-state index contributed by atoms with van der Waals surface area (Å²) in [6, 6.07) is 0. The van der Waals surface area contributed by atoms with E-state index in [1.165, 1.54) is 0 Å². The molecule has 5 nitrogen and oxygen atoms in total. The standard InChI is InChI=1S/C7H14N4O/c1-10-2-4-11(5-3-10)6-7(8)9-12/h1-6H2,(H2-,8,9,12). The topological polar surface area (TPSA) is 67.7 Å². The normalized spacial score (nSPS) is 21.3. The monoisotopic (exact) mass is 170 g/mol. The van der Waals surface area contributed by atoms with Crippen molar-refractivity contribution in [3.8, 4) is 0 Å². The van der Waals surface area contributed by atoms with Crippen LogP contribution in [0.5, 0.6) is 0 Å². The highest BCUT2D eigenvalue weighted by molar-refractivity contribution is 5.82. The first-order chi connectivity index (χ1) is 5.72. The fourth-order valence-electron chi connectivity index (χ4n) is 1.21. The van der Waals surface area contributed by atoms with Crippen molar-refractivity contribution in [1.29, 1.82) is 0 Å². The molecule has 68 valence electrons. The van der Waals surface area contributed by atoms with Crippen LogP contribution >= 0.6 is 0 Å². The zero-order chi connectivity index (χ0) is 8.97. The van der Waals surface area contributed by atoms with Crippen LogP contribution in [0.15, 0.2) is 5.16 Å². The first-order valence-corrected chi connectivity index (χ1v) is 3.95. The summed E-state index contributed by atoms with van der Waals surface area (Å²) < 4.78 is 2.00. The Morgan fingerprint density at radius 1 is 1.58 bits per heavy atom. The van der Waals surface area contributed by atoms with Crippen molar-refractivity contribution in [2.45, 2.75) is 0 Å². The van der Waals surface area contributed by atoms with Gasteiger partial charge in [-0.3, -0.25) is 4.90 Å². The molecule has 12 heavy (non-hydrogen) atoms. The minimum absolute atomic E-state index is 0.160. The third kappa shape index (κ3) is 2.50. The highest BCUT2D eigenvalue weighted by Crippen LogP contribution is 1.94. The Morgan fingerprint density at radius 3 is 2.67 bits per heavy atom. The molecule has 1 fully saturated rings. The van der Waals surface area contributed by atoms with Gasteiger partial charge in [-0.1, -0.05) is 0 Å². The zero-order valence-electron chi connectivity index (χ0n) is 7.07. The lowest BCUT2D eigenvalue weighted by atomic mass is 10.3. The van der Waals surface area contributed by atoms with Crippen LogP contribution in [0.3, 0.4) is 0 Å². The molecular weight excluding hydrogens is 156 g/mol. The molecular formula is C7H14N4O. The van der Waals surface area contributed by atoms with Crippen molar-refractivity contribution in [2.24, 2.45) is 10.9 Å². The second kappa shape index (κ2) is 4.06. The second-order valence-electron chi connectivity index (χ2n) is 2.98. The number of hydrogen-bond donors (Lipinski definition) is 1.